The molecule has 0 aromatic rings. The lowest BCUT2D eigenvalue weighted by Crippen LogP contribution is -2.10. The van der Waals surface area contributed by atoms with Crippen LogP contribution < -0.4 is 0 Å². The SMILES string of the molecule is C=C(I)CC[C@H]1O[C@@]1(C)C=O. The molecule has 0 bridgehead atoms. The van der Waals surface area contributed by atoms with Crippen molar-refractivity contribution in [2.24, 2.45) is 0 Å². The van der Waals surface area contributed by atoms with Crippen LogP contribution in [0.25, 0.3) is 0 Å². The van der Waals surface area contributed by atoms with Gasteiger partial charge >= 0.3 is 0 Å². The zero-order chi connectivity index (χ0) is 8.48. The molecular formula is C8H11IO2. The maximum absolute atomic E-state index is 10.4. The van der Waals surface area contributed by atoms with Crippen LogP contribution in [-0.4, -0.2) is 18.0 Å². The Bertz CT molecular complexity index is 191. The molecule has 0 aromatic heterocycles. The number of carbonyl (C=O) groups excluding carboxylic acids is 1. The van der Waals surface area contributed by atoms with Gasteiger partial charge in [0, 0.05) is 0 Å². The minimum Gasteiger partial charge on any atom is -0.358 e. The molecule has 2 nitrogen and oxygen atoms in total. The average molecular weight is 266 g/mol. The molecule has 0 saturated carbocycles. The average Bonchev–Trinajstić information content (AvgIpc) is 2.59. The predicted molar refractivity (Wildman–Crippen MR) is 51.7 cm³/mol. The summed E-state index contributed by atoms with van der Waals surface area (Å²) in [6.45, 7) is 5.59. The second kappa shape index (κ2) is 3.23. The van der Waals surface area contributed by atoms with Crippen molar-refractivity contribution in [1.29, 1.82) is 0 Å². The van der Waals surface area contributed by atoms with Crippen LogP contribution in [-0.2, 0) is 9.53 Å². The molecule has 0 N–H and O–H groups in total. The Morgan fingerprint density at radius 1 is 1.91 bits per heavy atom. The Labute approximate surface area is 80.1 Å². The number of ether oxygens (including phenoxy) is 1. The molecule has 1 saturated heterocycles. The Kier molecular flexibility index (Phi) is 2.70. The Morgan fingerprint density at radius 3 is 2.91 bits per heavy atom. The number of halogens is 1. The van der Waals surface area contributed by atoms with Gasteiger partial charge in [0.25, 0.3) is 0 Å². The van der Waals surface area contributed by atoms with Gasteiger partial charge < -0.3 is 9.53 Å². The third-order valence-electron chi connectivity index (χ3n) is 1.89. The molecule has 0 aliphatic carbocycles. The summed E-state index contributed by atoms with van der Waals surface area (Å²) in [5.41, 5.74) is -0.480. The summed E-state index contributed by atoms with van der Waals surface area (Å²) in [5.74, 6) is 0. The third-order valence-corrected chi connectivity index (χ3v) is 2.43. The minimum absolute atomic E-state index is 0.131. The molecule has 2 atom stereocenters. The van der Waals surface area contributed by atoms with Crippen molar-refractivity contribution < 1.29 is 9.53 Å². The van der Waals surface area contributed by atoms with E-state index < -0.39 is 5.60 Å². The van der Waals surface area contributed by atoms with E-state index in [-0.39, 0.29) is 6.10 Å². The number of hydrogen-bond donors (Lipinski definition) is 0. The Hall–Kier alpha value is 0.100. The van der Waals surface area contributed by atoms with E-state index in [1.807, 2.05) is 6.92 Å². The zero-order valence-electron chi connectivity index (χ0n) is 6.47. The molecule has 1 fully saturated rings. The second-order valence-electron chi connectivity index (χ2n) is 2.96. The molecular weight excluding hydrogens is 255 g/mol. The molecule has 11 heavy (non-hydrogen) atoms. The van der Waals surface area contributed by atoms with E-state index in [9.17, 15) is 4.79 Å². The number of epoxide rings is 1. The summed E-state index contributed by atoms with van der Waals surface area (Å²) in [6, 6.07) is 0. The molecule has 1 aliphatic heterocycles. The first kappa shape index (κ1) is 9.19. The Balaban J connectivity index is 2.23. The predicted octanol–water partition coefficient (Wildman–Crippen LogP) is 2.07. The maximum atomic E-state index is 10.4. The third kappa shape index (κ3) is 2.27. The summed E-state index contributed by atoms with van der Waals surface area (Å²) in [7, 11) is 0. The van der Waals surface area contributed by atoms with Crippen molar-refractivity contribution in [3.63, 3.8) is 0 Å². The maximum Gasteiger partial charge on any atom is 0.154 e. The topological polar surface area (TPSA) is 29.6 Å². The standard InChI is InChI=1S/C8H11IO2/c1-6(9)3-4-7-8(2,5-10)11-7/h5,7H,1,3-4H2,2H3/t7-,8+/m1/s1. The number of hydrogen-bond acceptors (Lipinski definition) is 2. The molecule has 1 rings (SSSR count). The van der Waals surface area contributed by atoms with Crippen LogP contribution in [0.1, 0.15) is 19.8 Å². The van der Waals surface area contributed by atoms with Gasteiger partial charge in [-0.1, -0.05) is 6.58 Å². The lowest BCUT2D eigenvalue weighted by atomic mass is 10.1. The van der Waals surface area contributed by atoms with E-state index in [2.05, 4.69) is 29.2 Å². The highest BCUT2D eigenvalue weighted by molar-refractivity contribution is 14.1. The zero-order valence-corrected chi connectivity index (χ0v) is 8.63. The van der Waals surface area contributed by atoms with Crippen LogP contribution >= 0.6 is 22.6 Å². The van der Waals surface area contributed by atoms with Crippen LogP contribution in [0.4, 0.5) is 0 Å². The first-order valence-electron chi connectivity index (χ1n) is 3.56. The van der Waals surface area contributed by atoms with Gasteiger partial charge in [-0.2, -0.15) is 0 Å². The first-order valence-corrected chi connectivity index (χ1v) is 4.64. The van der Waals surface area contributed by atoms with E-state index >= 15 is 0 Å². The molecule has 1 heterocycles. The quantitative estimate of drug-likeness (QED) is 0.443. The molecule has 0 amide bonds. The van der Waals surface area contributed by atoms with Gasteiger partial charge in [-0.05, 0) is 45.9 Å². The molecule has 0 radical (unpaired) electrons. The van der Waals surface area contributed by atoms with E-state index in [0.29, 0.717) is 0 Å². The number of rotatable bonds is 4. The Morgan fingerprint density at radius 2 is 2.55 bits per heavy atom. The summed E-state index contributed by atoms with van der Waals surface area (Å²) in [5, 5.41) is 0. The van der Waals surface area contributed by atoms with E-state index in [0.717, 1.165) is 22.7 Å². The van der Waals surface area contributed by atoms with Gasteiger partial charge in [-0.15, -0.1) is 0 Å². The van der Waals surface area contributed by atoms with Crippen LogP contribution in [0.2, 0.25) is 0 Å². The monoisotopic (exact) mass is 266 g/mol. The van der Waals surface area contributed by atoms with Gasteiger partial charge in [0.15, 0.2) is 6.29 Å². The van der Waals surface area contributed by atoms with Crippen molar-refractivity contribution in [1.82, 2.24) is 0 Å². The van der Waals surface area contributed by atoms with E-state index in [4.69, 9.17) is 4.74 Å². The smallest absolute Gasteiger partial charge is 0.154 e. The van der Waals surface area contributed by atoms with Crippen molar-refractivity contribution in [2.45, 2.75) is 31.5 Å². The van der Waals surface area contributed by atoms with Gasteiger partial charge in [0.1, 0.15) is 5.60 Å². The molecule has 1 aliphatic rings. The van der Waals surface area contributed by atoms with Crippen LogP contribution in [0.3, 0.4) is 0 Å². The second-order valence-corrected chi connectivity index (χ2v) is 4.49. The molecule has 3 heteroatoms. The van der Waals surface area contributed by atoms with Gasteiger partial charge in [-0.25, -0.2) is 0 Å². The van der Waals surface area contributed by atoms with Crippen LogP contribution in [0.5, 0.6) is 0 Å². The summed E-state index contributed by atoms with van der Waals surface area (Å²) < 4.78 is 6.31. The normalized spacial score (nSPS) is 34.9. The highest BCUT2D eigenvalue weighted by Crippen LogP contribution is 2.38. The largest absolute Gasteiger partial charge is 0.358 e. The molecule has 0 unspecified atom stereocenters. The lowest BCUT2D eigenvalue weighted by molar-refractivity contribution is -0.111. The van der Waals surface area contributed by atoms with E-state index in [1.54, 1.807) is 0 Å². The fraction of sp³-hybridized carbons (Fsp3) is 0.625. The minimum atomic E-state index is -0.480. The summed E-state index contributed by atoms with van der Waals surface area (Å²) in [4.78, 5) is 10.4. The number of aldehydes is 1. The van der Waals surface area contributed by atoms with Gasteiger partial charge in [0.2, 0.25) is 0 Å². The summed E-state index contributed by atoms with van der Waals surface area (Å²) >= 11 is 2.19. The highest BCUT2D eigenvalue weighted by Gasteiger charge is 2.51. The van der Waals surface area contributed by atoms with Crippen molar-refractivity contribution in [3.05, 3.63) is 10.2 Å². The number of carbonyl (C=O) groups is 1. The fourth-order valence-electron chi connectivity index (χ4n) is 1.01. The highest BCUT2D eigenvalue weighted by atomic mass is 127. The van der Waals surface area contributed by atoms with Gasteiger partial charge in [-0.3, -0.25) is 0 Å². The first-order chi connectivity index (χ1) is 5.08. The molecule has 62 valence electrons. The van der Waals surface area contributed by atoms with Crippen molar-refractivity contribution >= 4 is 28.9 Å². The lowest BCUT2D eigenvalue weighted by Gasteiger charge is -1.94. The van der Waals surface area contributed by atoms with Crippen LogP contribution in [0.15, 0.2) is 10.2 Å². The van der Waals surface area contributed by atoms with Gasteiger partial charge in [0.05, 0.1) is 6.10 Å². The number of allylic oxidation sites excluding steroid dienone is 1. The van der Waals surface area contributed by atoms with Crippen molar-refractivity contribution in [3.8, 4) is 0 Å². The van der Waals surface area contributed by atoms with E-state index in [1.165, 1.54) is 0 Å². The summed E-state index contributed by atoms with van der Waals surface area (Å²) in [6.07, 6.45) is 2.87. The van der Waals surface area contributed by atoms with Crippen LogP contribution in [0, 0.1) is 0 Å². The molecule has 0 aromatic carbocycles. The fourth-order valence-corrected chi connectivity index (χ4v) is 1.32. The van der Waals surface area contributed by atoms with Crippen molar-refractivity contribution in [2.75, 3.05) is 0 Å². The molecule has 0 spiro atoms.